The van der Waals surface area contributed by atoms with E-state index in [1.165, 1.54) is 10.4 Å². The van der Waals surface area contributed by atoms with Crippen molar-refractivity contribution in [1.82, 2.24) is 4.31 Å². The quantitative estimate of drug-likeness (QED) is 0.825. The molecule has 2 aromatic carbocycles. The van der Waals surface area contributed by atoms with Gasteiger partial charge < -0.3 is 10.1 Å². The molecule has 1 amide bonds. The van der Waals surface area contributed by atoms with Crippen molar-refractivity contribution in [3.8, 4) is 5.75 Å². The average molecular weight is 388 g/mol. The van der Waals surface area contributed by atoms with Crippen LogP contribution >= 0.6 is 0 Å². The summed E-state index contributed by atoms with van der Waals surface area (Å²) in [5, 5.41) is 2.79. The fourth-order valence-corrected chi connectivity index (χ4v) is 4.92. The second-order valence-corrected chi connectivity index (χ2v) is 8.38. The number of para-hydroxylation sites is 1. The first-order chi connectivity index (χ1) is 12.9. The first kappa shape index (κ1) is 19.4. The van der Waals surface area contributed by atoms with Crippen molar-refractivity contribution in [2.45, 2.75) is 38.2 Å². The summed E-state index contributed by atoms with van der Waals surface area (Å²) >= 11 is 0. The van der Waals surface area contributed by atoms with E-state index in [1.807, 2.05) is 24.3 Å². The number of nitrogens with one attached hydrogen (secondary N) is 1. The molecule has 1 aliphatic heterocycles. The van der Waals surface area contributed by atoms with Crippen LogP contribution in [0.2, 0.25) is 0 Å². The molecular weight excluding hydrogens is 364 g/mol. The Morgan fingerprint density at radius 2 is 1.89 bits per heavy atom. The summed E-state index contributed by atoms with van der Waals surface area (Å²) in [5.41, 5.74) is 2.08. The smallest absolute Gasteiger partial charge is 0.265 e. The summed E-state index contributed by atoms with van der Waals surface area (Å²) < 4.78 is 32.8. The fourth-order valence-electron chi connectivity index (χ4n) is 3.21. The molecule has 6 nitrogen and oxygen atoms in total. The molecule has 2 aromatic rings. The molecule has 0 aromatic heterocycles. The van der Waals surface area contributed by atoms with E-state index in [0.29, 0.717) is 36.5 Å². The number of benzene rings is 2. The molecule has 1 atom stereocenters. The predicted octanol–water partition coefficient (Wildman–Crippen LogP) is 2.97. The first-order valence-corrected chi connectivity index (χ1v) is 10.5. The SMILES string of the molecule is CCN(CC)S(=O)(=O)c1cc(NC(=O)[C@H]2Cc3ccccc3O2)ccc1C. The van der Waals surface area contributed by atoms with Crippen LogP contribution in [-0.4, -0.2) is 37.8 Å². The van der Waals surface area contributed by atoms with Crippen molar-refractivity contribution in [2.75, 3.05) is 18.4 Å². The Kier molecular flexibility index (Phi) is 5.53. The molecule has 3 rings (SSSR count). The van der Waals surface area contributed by atoms with Gasteiger partial charge in [-0.15, -0.1) is 0 Å². The molecule has 1 N–H and O–H groups in total. The summed E-state index contributed by atoms with van der Waals surface area (Å²) in [6, 6.07) is 12.5. The summed E-state index contributed by atoms with van der Waals surface area (Å²) in [6.45, 7) is 6.14. The zero-order valence-corrected chi connectivity index (χ0v) is 16.5. The van der Waals surface area contributed by atoms with Gasteiger partial charge in [-0.25, -0.2) is 8.42 Å². The number of carbonyl (C=O) groups is 1. The minimum absolute atomic E-state index is 0.208. The molecule has 0 saturated heterocycles. The second-order valence-electron chi connectivity index (χ2n) is 6.48. The monoisotopic (exact) mass is 388 g/mol. The van der Waals surface area contributed by atoms with Gasteiger partial charge in [-0.1, -0.05) is 38.1 Å². The Hall–Kier alpha value is -2.38. The number of nitrogens with zero attached hydrogens (tertiary/aromatic N) is 1. The minimum Gasteiger partial charge on any atom is -0.480 e. The minimum atomic E-state index is -3.60. The average Bonchev–Trinajstić information content (AvgIpc) is 3.08. The number of aryl methyl sites for hydroxylation is 1. The van der Waals surface area contributed by atoms with Crippen LogP contribution in [0.4, 0.5) is 5.69 Å². The highest BCUT2D eigenvalue weighted by atomic mass is 32.2. The molecule has 0 fully saturated rings. The Balaban J connectivity index is 1.80. The van der Waals surface area contributed by atoms with E-state index in [-0.39, 0.29) is 10.8 Å². The molecular formula is C20H24N2O4S. The van der Waals surface area contributed by atoms with Crippen LogP contribution in [0.5, 0.6) is 5.75 Å². The highest BCUT2D eigenvalue weighted by Crippen LogP contribution is 2.29. The number of carbonyl (C=O) groups excluding carboxylic acids is 1. The molecule has 0 radical (unpaired) electrons. The lowest BCUT2D eigenvalue weighted by atomic mass is 10.1. The van der Waals surface area contributed by atoms with Gasteiger partial charge in [0.25, 0.3) is 5.91 Å². The molecule has 0 aliphatic carbocycles. The third kappa shape index (κ3) is 3.84. The Bertz CT molecular complexity index is 927. The van der Waals surface area contributed by atoms with Gasteiger partial charge in [0.05, 0.1) is 4.90 Å². The van der Waals surface area contributed by atoms with Crippen molar-refractivity contribution in [1.29, 1.82) is 0 Å². The largest absolute Gasteiger partial charge is 0.480 e. The summed E-state index contributed by atoms with van der Waals surface area (Å²) in [4.78, 5) is 12.8. The Labute approximate surface area is 160 Å². The van der Waals surface area contributed by atoms with Gasteiger partial charge in [0.15, 0.2) is 6.10 Å². The molecule has 144 valence electrons. The maximum atomic E-state index is 12.8. The van der Waals surface area contributed by atoms with E-state index in [4.69, 9.17) is 4.74 Å². The summed E-state index contributed by atoms with van der Waals surface area (Å²) in [7, 11) is -3.60. The first-order valence-electron chi connectivity index (χ1n) is 9.03. The maximum Gasteiger partial charge on any atom is 0.265 e. The van der Waals surface area contributed by atoms with Crippen LogP contribution in [-0.2, 0) is 21.2 Å². The number of amides is 1. The topological polar surface area (TPSA) is 75.7 Å². The summed E-state index contributed by atoms with van der Waals surface area (Å²) in [6.07, 6.45) is -0.120. The van der Waals surface area contributed by atoms with Crippen molar-refractivity contribution in [2.24, 2.45) is 0 Å². The number of hydrogen-bond donors (Lipinski definition) is 1. The fraction of sp³-hybridized carbons (Fsp3) is 0.350. The number of fused-ring (bicyclic) bond motifs is 1. The molecule has 0 spiro atoms. The van der Waals surface area contributed by atoms with Crippen LogP contribution in [0.15, 0.2) is 47.4 Å². The molecule has 1 heterocycles. The maximum absolute atomic E-state index is 12.8. The van der Waals surface area contributed by atoms with E-state index in [0.717, 1.165) is 5.56 Å². The van der Waals surface area contributed by atoms with Crippen LogP contribution in [0, 0.1) is 6.92 Å². The van der Waals surface area contributed by atoms with Crippen LogP contribution in [0.1, 0.15) is 25.0 Å². The Morgan fingerprint density at radius 1 is 1.19 bits per heavy atom. The lowest BCUT2D eigenvalue weighted by Crippen LogP contribution is -2.32. The van der Waals surface area contributed by atoms with Crippen LogP contribution < -0.4 is 10.1 Å². The third-order valence-corrected chi connectivity index (χ3v) is 6.91. The van der Waals surface area contributed by atoms with E-state index in [9.17, 15) is 13.2 Å². The van der Waals surface area contributed by atoms with E-state index >= 15 is 0 Å². The normalized spacial score (nSPS) is 16.1. The van der Waals surface area contributed by atoms with Gasteiger partial charge in [0, 0.05) is 25.2 Å². The highest BCUT2D eigenvalue weighted by Gasteiger charge is 2.29. The third-order valence-electron chi connectivity index (χ3n) is 4.72. The molecule has 0 unspecified atom stereocenters. The Morgan fingerprint density at radius 3 is 2.56 bits per heavy atom. The van der Waals surface area contributed by atoms with Gasteiger partial charge in [0.1, 0.15) is 5.75 Å². The highest BCUT2D eigenvalue weighted by molar-refractivity contribution is 7.89. The van der Waals surface area contributed by atoms with Crippen molar-refractivity contribution in [3.63, 3.8) is 0 Å². The number of anilines is 1. The van der Waals surface area contributed by atoms with Crippen molar-refractivity contribution < 1.29 is 17.9 Å². The van der Waals surface area contributed by atoms with Gasteiger partial charge in [-0.3, -0.25) is 4.79 Å². The summed E-state index contributed by atoms with van der Waals surface area (Å²) in [5.74, 6) is 0.424. The zero-order chi connectivity index (χ0) is 19.6. The lowest BCUT2D eigenvalue weighted by Gasteiger charge is -2.20. The molecule has 27 heavy (non-hydrogen) atoms. The van der Waals surface area contributed by atoms with Crippen LogP contribution in [0.3, 0.4) is 0 Å². The van der Waals surface area contributed by atoms with E-state index < -0.39 is 16.1 Å². The molecule has 0 saturated carbocycles. The number of rotatable bonds is 6. The van der Waals surface area contributed by atoms with Gasteiger partial charge in [0.2, 0.25) is 10.0 Å². The number of hydrogen-bond acceptors (Lipinski definition) is 4. The molecule has 0 bridgehead atoms. The number of ether oxygens (including phenoxy) is 1. The lowest BCUT2D eigenvalue weighted by molar-refractivity contribution is -0.122. The second kappa shape index (κ2) is 7.70. The van der Waals surface area contributed by atoms with Gasteiger partial charge in [-0.05, 0) is 36.2 Å². The molecule has 7 heteroatoms. The van der Waals surface area contributed by atoms with Gasteiger partial charge >= 0.3 is 0 Å². The van der Waals surface area contributed by atoms with Gasteiger partial charge in [-0.2, -0.15) is 4.31 Å². The van der Waals surface area contributed by atoms with Crippen LogP contribution in [0.25, 0.3) is 0 Å². The standard InChI is InChI=1S/C20H24N2O4S/c1-4-22(5-2)27(24,25)19-13-16(11-10-14(19)3)21-20(23)18-12-15-8-6-7-9-17(15)26-18/h6-11,13,18H,4-5,12H2,1-3H3,(H,21,23)/t18-/m1/s1. The predicted molar refractivity (Wildman–Crippen MR) is 104 cm³/mol. The van der Waals surface area contributed by atoms with E-state index in [2.05, 4.69) is 5.32 Å². The van der Waals surface area contributed by atoms with E-state index in [1.54, 1.807) is 32.9 Å². The van der Waals surface area contributed by atoms with Crippen molar-refractivity contribution >= 4 is 21.6 Å². The van der Waals surface area contributed by atoms with Crippen molar-refractivity contribution in [3.05, 3.63) is 53.6 Å². The molecule has 1 aliphatic rings. The zero-order valence-electron chi connectivity index (χ0n) is 15.7. The number of sulfonamides is 1.